The lowest BCUT2D eigenvalue weighted by Gasteiger charge is -2.17. The predicted octanol–water partition coefficient (Wildman–Crippen LogP) is 5.47. The number of benzene rings is 2. The van der Waals surface area contributed by atoms with E-state index in [1.807, 2.05) is 18.2 Å². The number of fused-ring (bicyclic) bond motifs is 1. The number of imidazole rings is 1. The Bertz CT molecular complexity index is 1370. The SMILES string of the molecule is Cc1cc(-c2ccc(-c3nc4ncccc4n3CC3CCN(C(=O)C4CC4)C3)cc2)ccc1F. The van der Waals surface area contributed by atoms with Gasteiger partial charge in [0.25, 0.3) is 0 Å². The lowest BCUT2D eigenvalue weighted by molar-refractivity contribution is -0.131. The van der Waals surface area contributed by atoms with Gasteiger partial charge in [0.1, 0.15) is 11.6 Å². The monoisotopic (exact) mass is 454 g/mol. The second kappa shape index (κ2) is 8.35. The van der Waals surface area contributed by atoms with Gasteiger partial charge in [-0.25, -0.2) is 14.4 Å². The van der Waals surface area contributed by atoms with Crippen LogP contribution in [0.3, 0.4) is 0 Å². The van der Waals surface area contributed by atoms with Crippen LogP contribution in [0.1, 0.15) is 24.8 Å². The van der Waals surface area contributed by atoms with Crippen molar-refractivity contribution in [2.24, 2.45) is 11.8 Å². The van der Waals surface area contributed by atoms with Gasteiger partial charge in [0.15, 0.2) is 5.65 Å². The van der Waals surface area contributed by atoms with Crippen molar-refractivity contribution in [3.05, 3.63) is 72.2 Å². The summed E-state index contributed by atoms with van der Waals surface area (Å²) in [6.45, 7) is 4.26. The first-order valence-electron chi connectivity index (χ1n) is 12.0. The van der Waals surface area contributed by atoms with Crippen LogP contribution in [0.15, 0.2) is 60.8 Å². The maximum absolute atomic E-state index is 13.7. The Kier molecular flexibility index (Phi) is 5.16. The van der Waals surface area contributed by atoms with Gasteiger partial charge in [-0.15, -0.1) is 0 Å². The zero-order chi connectivity index (χ0) is 23.2. The fourth-order valence-corrected chi connectivity index (χ4v) is 5.03. The third kappa shape index (κ3) is 3.87. The average molecular weight is 455 g/mol. The number of hydrogen-bond donors (Lipinski definition) is 0. The Labute approximate surface area is 198 Å². The second-order valence-corrected chi connectivity index (χ2v) is 9.65. The summed E-state index contributed by atoms with van der Waals surface area (Å²) in [6.07, 6.45) is 4.89. The quantitative estimate of drug-likeness (QED) is 0.402. The summed E-state index contributed by atoms with van der Waals surface area (Å²) in [4.78, 5) is 23.9. The summed E-state index contributed by atoms with van der Waals surface area (Å²) in [5, 5.41) is 0. The minimum atomic E-state index is -0.189. The van der Waals surface area contributed by atoms with Crippen molar-refractivity contribution in [1.82, 2.24) is 19.4 Å². The fraction of sp³-hybridized carbons (Fsp3) is 0.321. The number of aromatic nitrogens is 3. The Morgan fingerprint density at radius 2 is 1.79 bits per heavy atom. The first kappa shape index (κ1) is 21.0. The molecule has 1 aliphatic carbocycles. The van der Waals surface area contributed by atoms with Crippen LogP contribution in [-0.4, -0.2) is 38.4 Å². The Morgan fingerprint density at radius 3 is 2.56 bits per heavy atom. The predicted molar refractivity (Wildman–Crippen MR) is 131 cm³/mol. The highest BCUT2D eigenvalue weighted by molar-refractivity contribution is 5.81. The van der Waals surface area contributed by atoms with Crippen LogP contribution in [0.5, 0.6) is 0 Å². The highest BCUT2D eigenvalue weighted by Gasteiger charge is 2.36. The van der Waals surface area contributed by atoms with Gasteiger partial charge in [0.2, 0.25) is 5.91 Å². The van der Waals surface area contributed by atoms with Crippen LogP contribution in [0.25, 0.3) is 33.7 Å². The van der Waals surface area contributed by atoms with Gasteiger partial charge in [0.05, 0.1) is 5.52 Å². The average Bonchev–Trinajstić information content (AvgIpc) is 3.50. The lowest BCUT2D eigenvalue weighted by Crippen LogP contribution is -2.30. The van der Waals surface area contributed by atoms with Crippen LogP contribution < -0.4 is 0 Å². The van der Waals surface area contributed by atoms with Gasteiger partial charge in [-0.2, -0.15) is 0 Å². The Morgan fingerprint density at radius 1 is 1.03 bits per heavy atom. The third-order valence-electron chi connectivity index (χ3n) is 7.12. The Balaban J connectivity index is 1.30. The molecule has 0 spiro atoms. The number of rotatable bonds is 5. The summed E-state index contributed by atoms with van der Waals surface area (Å²) >= 11 is 0. The second-order valence-electron chi connectivity index (χ2n) is 9.65. The molecule has 0 bridgehead atoms. The van der Waals surface area contributed by atoms with E-state index in [1.165, 1.54) is 6.07 Å². The molecule has 4 aromatic rings. The molecule has 1 saturated heterocycles. The summed E-state index contributed by atoms with van der Waals surface area (Å²) < 4.78 is 15.9. The minimum Gasteiger partial charge on any atom is -0.342 e. The number of pyridine rings is 1. The van der Waals surface area contributed by atoms with Crippen molar-refractivity contribution >= 4 is 17.1 Å². The summed E-state index contributed by atoms with van der Waals surface area (Å²) in [5.41, 5.74) is 5.44. The molecule has 1 aliphatic heterocycles. The molecule has 2 aromatic heterocycles. The molecule has 6 rings (SSSR count). The van der Waals surface area contributed by atoms with Gasteiger partial charge < -0.3 is 9.47 Å². The molecule has 34 heavy (non-hydrogen) atoms. The molecule has 3 heterocycles. The highest BCUT2D eigenvalue weighted by atomic mass is 19.1. The molecule has 2 aliphatic rings. The van der Waals surface area contributed by atoms with E-state index in [0.717, 1.165) is 72.6 Å². The smallest absolute Gasteiger partial charge is 0.225 e. The van der Waals surface area contributed by atoms with E-state index in [0.29, 0.717) is 17.4 Å². The van der Waals surface area contributed by atoms with Crippen molar-refractivity contribution < 1.29 is 9.18 Å². The minimum absolute atomic E-state index is 0.189. The highest BCUT2D eigenvalue weighted by Crippen LogP contribution is 2.34. The van der Waals surface area contributed by atoms with Crippen molar-refractivity contribution in [2.75, 3.05) is 13.1 Å². The topological polar surface area (TPSA) is 51.0 Å². The van der Waals surface area contributed by atoms with Crippen molar-refractivity contribution in [3.63, 3.8) is 0 Å². The number of hydrogen-bond acceptors (Lipinski definition) is 3. The zero-order valence-electron chi connectivity index (χ0n) is 19.2. The molecular weight excluding hydrogens is 427 g/mol. The first-order chi connectivity index (χ1) is 16.6. The van der Waals surface area contributed by atoms with E-state index < -0.39 is 0 Å². The molecule has 6 heteroatoms. The maximum Gasteiger partial charge on any atom is 0.225 e. The van der Waals surface area contributed by atoms with Gasteiger partial charge in [-0.1, -0.05) is 30.3 Å². The first-order valence-corrected chi connectivity index (χ1v) is 12.0. The number of carbonyl (C=O) groups is 1. The summed E-state index contributed by atoms with van der Waals surface area (Å²) in [5.74, 6) is 1.72. The molecule has 0 N–H and O–H groups in total. The molecular formula is C28H27FN4O. The number of nitrogens with zero attached hydrogens (tertiary/aromatic N) is 4. The van der Waals surface area contributed by atoms with Gasteiger partial charge in [-0.05, 0) is 73.1 Å². The van der Waals surface area contributed by atoms with Crippen LogP contribution in [0.4, 0.5) is 4.39 Å². The van der Waals surface area contributed by atoms with Gasteiger partial charge in [0, 0.05) is 37.3 Å². The lowest BCUT2D eigenvalue weighted by atomic mass is 10.0. The maximum atomic E-state index is 13.7. The van der Waals surface area contributed by atoms with E-state index in [4.69, 9.17) is 4.98 Å². The van der Waals surface area contributed by atoms with E-state index in [9.17, 15) is 9.18 Å². The molecule has 0 radical (unpaired) electrons. The third-order valence-corrected chi connectivity index (χ3v) is 7.12. The standard InChI is InChI=1S/C28H27FN4O/c1-18-15-23(10-11-24(18)29)20-4-6-21(7-5-20)27-31-26-25(3-2-13-30-26)33(27)17-19-12-14-32(16-19)28(34)22-8-9-22/h2-7,10-11,13,15,19,22H,8-9,12,14,16-17H2,1H3. The Hall–Kier alpha value is -3.54. The molecule has 1 atom stereocenters. The molecule has 1 amide bonds. The van der Waals surface area contributed by atoms with Gasteiger partial charge in [-0.3, -0.25) is 4.79 Å². The van der Waals surface area contributed by atoms with E-state index >= 15 is 0 Å². The number of amides is 1. The van der Waals surface area contributed by atoms with E-state index in [-0.39, 0.29) is 11.7 Å². The number of aryl methyl sites for hydroxylation is 1. The molecule has 2 aromatic carbocycles. The van der Waals surface area contributed by atoms with Crippen molar-refractivity contribution in [3.8, 4) is 22.5 Å². The molecule has 172 valence electrons. The van der Waals surface area contributed by atoms with Crippen LogP contribution >= 0.6 is 0 Å². The van der Waals surface area contributed by atoms with E-state index in [2.05, 4.69) is 44.8 Å². The number of likely N-dealkylation sites (tertiary alicyclic amines) is 1. The summed E-state index contributed by atoms with van der Waals surface area (Å²) in [7, 11) is 0. The largest absolute Gasteiger partial charge is 0.342 e. The van der Waals surface area contributed by atoms with E-state index in [1.54, 1.807) is 13.1 Å². The van der Waals surface area contributed by atoms with Crippen LogP contribution in [0.2, 0.25) is 0 Å². The fourth-order valence-electron chi connectivity index (χ4n) is 5.03. The van der Waals surface area contributed by atoms with Gasteiger partial charge >= 0.3 is 0 Å². The molecule has 2 fully saturated rings. The van der Waals surface area contributed by atoms with Crippen LogP contribution in [-0.2, 0) is 11.3 Å². The molecule has 1 unspecified atom stereocenters. The van der Waals surface area contributed by atoms with Crippen molar-refractivity contribution in [1.29, 1.82) is 0 Å². The summed E-state index contributed by atoms with van der Waals surface area (Å²) in [6, 6.07) is 17.5. The van der Waals surface area contributed by atoms with Crippen LogP contribution in [0, 0.1) is 24.6 Å². The normalized spacial score (nSPS) is 18.1. The number of carbonyl (C=O) groups excluding carboxylic acids is 1. The van der Waals surface area contributed by atoms with Crippen molar-refractivity contribution in [2.45, 2.75) is 32.7 Å². The molecule has 1 saturated carbocycles. The zero-order valence-corrected chi connectivity index (χ0v) is 19.2. The molecule has 5 nitrogen and oxygen atoms in total. The number of halogens is 1.